The van der Waals surface area contributed by atoms with E-state index in [4.69, 9.17) is 16.3 Å². The first-order valence-electron chi connectivity index (χ1n) is 10.00. The van der Waals surface area contributed by atoms with Crippen LogP contribution >= 0.6 is 23.4 Å². The van der Waals surface area contributed by atoms with Crippen molar-refractivity contribution in [2.24, 2.45) is 0 Å². The molecule has 0 heterocycles. The van der Waals surface area contributed by atoms with E-state index in [1.165, 1.54) is 16.0 Å². The highest BCUT2D eigenvalue weighted by Gasteiger charge is 2.08. The van der Waals surface area contributed by atoms with Crippen molar-refractivity contribution in [3.05, 3.63) is 94.5 Å². The maximum absolute atomic E-state index is 12.4. The lowest BCUT2D eigenvalue weighted by molar-refractivity contribution is 0.0947. The number of para-hydroxylation sites is 1. The van der Waals surface area contributed by atoms with Crippen molar-refractivity contribution < 1.29 is 9.53 Å². The molecule has 1 amide bonds. The van der Waals surface area contributed by atoms with Gasteiger partial charge in [0.2, 0.25) is 0 Å². The summed E-state index contributed by atoms with van der Waals surface area (Å²) in [6.07, 6.45) is 0. The predicted molar refractivity (Wildman–Crippen MR) is 126 cm³/mol. The fraction of sp³-hybridized carbons (Fsp3) is 0.240. The number of nitrogens with one attached hydrogen (secondary N) is 1. The summed E-state index contributed by atoms with van der Waals surface area (Å²) in [7, 11) is 0. The van der Waals surface area contributed by atoms with Crippen molar-refractivity contribution in [2.75, 3.05) is 13.2 Å². The van der Waals surface area contributed by atoms with Crippen molar-refractivity contribution in [1.29, 1.82) is 0 Å². The van der Waals surface area contributed by atoms with Gasteiger partial charge in [0, 0.05) is 21.2 Å². The zero-order valence-corrected chi connectivity index (χ0v) is 18.8. The van der Waals surface area contributed by atoms with Crippen LogP contribution in [0.15, 0.2) is 77.7 Å². The van der Waals surface area contributed by atoms with Gasteiger partial charge in [-0.15, -0.1) is 11.8 Å². The van der Waals surface area contributed by atoms with Gasteiger partial charge in [0.15, 0.2) is 0 Å². The molecule has 156 valence electrons. The van der Waals surface area contributed by atoms with Crippen molar-refractivity contribution in [2.45, 2.75) is 30.4 Å². The summed E-state index contributed by atoms with van der Waals surface area (Å²) < 4.78 is 5.86. The fourth-order valence-electron chi connectivity index (χ4n) is 2.97. The molecule has 1 N–H and O–H groups in total. The molecular formula is C25H26ClNO2S. The number of carbonyl (C=O) groups excluding carboxylic acids is 1. The standard InChI is InChI=1S/C25H26ClNO2S/c1-18(2)23-5-3-4-6-24(23)29-16-15-27-25(28)20-9-7-19(8-10-20)17-30-22-13-11-21(26)12-14-22/h3-14,18H,15-17H2,1-2H3,(H,27,28). The Hall–Kier alpha value is -2.43. The van der Waals surface area contributed by atoms with Crippen LogP contribution < -0.4 is 10.1 Å². The second kappa shape index (κ2) is 11.1. The van der Waals surface area contributed by atoms with Crippen LogP contribution in [0.4, 0.5) is 0 Å². The highest BCUT2D eigenvalue weighted by atomic mass is 35.5. The van der Waals surface area contributed by atoms with E-state index in [1.54, 1.807) is 11.8 Å². The molecule has 0 spiro atoms. The van der Waals surface area contributed by atoms with Gasteiger partial charge in [-0.3, -0.25) is 4.79 Å². The molecule has 0 saturated heterocycles. The molecule has 3 rings (SSSR count). The number of amides is 1. The molecule has 0 saturated carbocycles. The average molecular weight is 440 g/mol. The van der Waals surface area contributed by atoms with Crippen LogP contribution in [-0.2, 0) is 5.75 Å². The van der Waals surface area contributed by atoms with Crippen LogP contribution in [0.2, 0.25) is 5.02 Å². The Labute approximate surface area is 187 Å². The van der Waals surface area contributed by atoms with Crippen LogP contribution in [0.5, 0.6) is 5.75 Å². The third-order valence-electron chi connectivity index (χ3n) is 4.62. The van der Waals surface area contributed by atoms with E-state index in [0.29, 0.717) is 24.6 Å². The molecule has 3 aromatic rings. The number of rotatable bonds is 9. The zero-order valence-electron chi connectivity index (χ0n) is 17.2. The summed E-state index contributed by atoms with van der Waals surface area (Å²) in [5.74, 6) is 2.02. The summed E-state index contributed by atoms with van der Waals surface area (Å²) in [6, 6.07) is 23.5. The molecule has 0 aromatic heterocycles. The molecule has 0 radical (unpaired) electrons. The first kappa shape index (κ1) is 22.3. The average Bonchev–Trinajstić information content (AvgIpc) is 2.76. The van der Waals surface area contributed by atoms with Gasteiger partial charge in [-0.05, 0) is 59.5 Å². The molecule has 3 nitrogen and oxygen atoms in total. The van der Waals surface area contributed by atoms with E-state index in [1.807, 2.05) is 66.7 Å². The van der Waals surface area contributed by atoms with Crippen molar-refractivity contribution in [3.8, 4) is 5.75 Å². The van der Waals surface area contributed by atoms with Gasteiger partial charge < -0.3 is 10.1 Å². The minimum atomic E-state index is -0.0901. The van der Waals surface area contributed by atoms with Gasteiger partial charge in [-0.1, -0.05) is 55.8 Å². The Kier molecular flexibility index (Phi) is 8.23. The Morgan fingerprint density at radius 3 is 2.40 bits per heavy atom. The molecule has 0 aliphatic heterocycles. The number of benzene rings is 3. The van der Waals surface area contributed by atoms with Gasteiger partial charge in [0.25, 0.3) is 5.91 Å². The maximum Gasteiger partial charge on any atom is 0.251 e. The molecule has 5 heteroatoms. The molecular weight excluding hydrogens is 414 g/mol. The van der Waals surface area contributed by atoms with Gasteiger partial charge in [-0.2, -0.15) is 0 Å². The lowest BCUT2D eigenvalue weighted by Crippen LogP contribution is -2.28. The fourth-order valence-corrected chi connectivity index (χ4v) is 3.95. The molecule has 3 aromatic carbocycles. The molecule has 0 aliphatic carbocycles. The van der Waals surface area contributed by atoms with Gasteiger partial charge in [0.05, 0.1) is 6.54 Å². The van der Waals surface area contributed by atoms with Gasteiger partial charge in [-0.25, -0.2) is 0 Å². The lowest BCUT2D eigenvalue weighted by atomic mass is 10.0. The van der Waals surface area contributed by atoms with E-state index < -0.39 is 0 Å². The minimum Gasteiger partial charge on any atom is -0.491 e. The number of halogens is 1. The molecule has 0 atom stereocenters. The molecule has 0 fully saturated rings. The number of hydrogen-bond acceptors (Lipinski definition) is 3. The largest absolute Gasteiger partial charge is 0.491 e. The van der Waals surface area contributed by atoms with Crippen LogP contribution in [0, 0.1) is 0 Å². The normalized spacial score (nSPS) is 10.8. The Morgan fingerprint density at radius 1 is 1.00 bits per heavy atom. The van der Waals surface area contributed by atoms with E-state index in [9.17, 15) is 4.79 Å². The van der Waals surface area contributed by atoms with Crippen LogP contribution in [0.1, 0.15) is 41.3 Å². The Balaban J connectivity index is 1.44. The third-order valence-corrected chi connectivity index (χ3v) is 5.96. The predicted octanol–water partition coefficient (Wildman–Crippen LogP) is 6.56. The summed E-state index contributed by atoms with van der Waals surface area (Å²) in [5.41, 5.74) is 2.99. The first-order chi connectivity index (χ1) is 14.5. The Bertz CT molecular complexity index is 956. The first-order valence-corrected chi connectivity index (χ1v) is 11.4. The monoisotopic (exact) mass is 439 g/mol. The number of thioether (sulfide) groups is 1. The minimum absolute atomic E-state index is 0.0901. The van der Waals surface area contributed by atoms with Crippen LogP contribution in [0.3, 0.4) is 0 Å². The Morgan fingerprint density at radius 2 is 1.70 bits per heavy atom. The molecule has 0 unspecified atom stereocenters. The maximum atomic E-state index is 12.4. The van der Waals surface area contributed by atoms with Gasteiger partial charge >= 0.3 is 0 Å². The second-order valence-corrected chi connectivity index (χ2v) is 8.72. The third kappa shape index (κ3) is 6.54. The summed E-state index contributed by atoms with van der Waals surface area (Å²) in [4.78, 5) is 13.5. The van der Waals surface area contributed by atoms with E-state index in [0.717, 1.165) is 16.5 Å². The number of hydrogen-bond donors (Lipinski definition) is 1. The summed E-state index contributed by atoms with van der Waals surface area (Å²) in [5, 5.41) is 3.66. The lowest BCUT2D eigenvalue weighted by Gasteiger charge is -2.14. The quantitative estimate of drug-likeness (QED) is 0.303. The summed E-state index contributed by atoms with van der Waals surface area (Å²) >= 11 is 7.66. The topological polar surface area (TPSA) is 38.3 Å². The van der Waals surface area contributed by atoms with Crippen molar-refractivity contribution in [1.82, 2.24) is 5.32 Å². The SMILES string of the molecule is CC(C)c1ccccc1OCCNC(=O)c1ccc(CSc2ccc(Cl)cc2)cc1. The van der Waals surface area contributed by atoms with E-state index in [2.05, 4.69) is 25.2 Å². The van der Waals surface area contributed by atoms with Crippen molar-refractivity contribution >= 4 is 29.3 Å². The molecule has 30 heavy (non-hydrogen) atoms. The van der Waals surface area contributed by atoms with Gasteiger partial charge in [0.1, 0.15) is 12.4 Å². The zero-order chi connectivity index (χ0) is 21.3. The second-order valence-electron chi connectivity index (χ2n) is 7.24. The number of ether oxygens (including phenoxy) is 1. The molecule has 0 aliphatic rings. The highest BCUT2D eigenvalue weighted by Crippen LogP contribution is 2.26. The van der Waals surface area contributed by atoms with E-state index >= 15 is 0 Å². The van der Waals surface area contributed by atoms with Crippen molar-refractivity contribution in [3.63, 3.8) is 0 Å². The van der Waals surface area contributed by atoms with Crippen LogP contribution in [-0.4, -0.2) is 19.1 Å². The van der Waals surface area contributed by atoms with Crippen LogP contribution in [0.25, 0.3) is 0 Å². The van der Waals surface area contributed by atoms with E-state index in [-0.39, 0.29) is 5.91 Å². The highest BCUT2D eigenvalue weighted by molar-refractivity contribution is 7.98. The molecule has 0 bridgehead atoms. The summed E-state index contributed by atoms with van der Waals surface area (Å²) in [6.45, 7) is 5.17. The smallest absolute Gasteiger partial charge is 0.251 e. The number of carbonyl (C=O) groups is 1.